The van der Waals surface area contributed by atoms with Crippen molar-refractivity contribution in [3.8, 4) is 0 Å². The Morgan fingerprint density at radius 3 is 2.70 bits per heavy atom. The van der Waals surface area contributed by atoms with Crippen LogP contribution in [0.4, 0.5) is 5.69 Å². The van der Waals surface area contributed by atoms with Gasteiger partial charge in [-0.05, 0) is 86.4 Å². The standard InChI is InChI=1S/C25H31ClN2O2/c26-22-8-2-1-6-18(22)12-14-27-13-4-3-9-23(29)21-16-19-7-5-15-28-24(30)11-10-20(17-21)25(19)28/h1-2,6,8,16-17,23,27,29H,3-5,7,9-15H2. The molecule has 2 aromatic rings. The third-order valence-electron chi connectivity index (χ3n) is 6.29. The van der Waals surface area contributed by atoms with Gasteiger partial charge >= 0.3 is 0 Å². The zero-order chi connectivity index (χ0) is 20.9. The third kappa shape index (κ3) is 4.88. The Kier molecular flexibility index (Phi) is 7.08. The van der Waals surface area contributed by atoms with Gasteiger partial charge in [0.05, 0.1) is 11.8 Å². The molecule has 160 valence electrons. The number of nitrogens with zero attached hydrogens (tertiary/aromatic N) is 1. The molecule has 0 fully saturated rings. The maximum atomic E-state index is 12.2. The van der Waals surface area contributed by atoms with Crippen molar-refractivity contribution >= 4 is 23.2 Å². The molecule has 0 saturated heterocycles. The Balaban J connectivity index is 1.23. The van der Waals surface area contributed by atoms with Crippen LogP contribution in [0.3, 0.4) is 0 Å². The van der Waals surface area contributed by atoms with Crippen LogP contribution in [0.2, 0.25) is 5.02 Å². The smallest absolute Gasteiger partial charge is 0.227 e. The first-order valence-corrected chi connectivity index (χ1v) is 11.6. The summed E-state index contributed by atoms with van der Waals surface area (Å²) in [7, 11) is 0. The quantitative estimate of drug-likeness (QED) is 0.576. The van der Waals surface area contributed by atoms with E-state index in [1.807, 2.05) is 23.1 Å². The highest BCUT2D eigenvalue weighted by molar-refractivity contribution is 6.31. The number of rotatable bonds is 9. The number of carbonyl (C=O) groups excluding carboxylic acids is 1. The van der Waals surface area contributed by atoms with Crippen molar-refractivity contribution in [3.63, 3.8) is 0 Å². The van der Waals surface area contributed by atoms with Crippen LogP contribution in [-0.2, 0) is 24.1 Å². The van der Waals surface area contributed by atoms with Crippen LogP contribution in [0, 0.1) is 0 Å². The van der Waals surface area contributed by atoms with Gasteiger partial charge in [0, 0.05) is 18.0 Å². The number of anilines is 1. The van der Waals surface area contributed by atoms with Gasteiger partial charge in [0.25, 0.3) is 0 Å². The molecule has 1 unspecified atom stereocenters. The van der Waals surface area contributed by atoms with Crippen LogP contribution in [0.1, 0.15) is 60.5 Å². The van der Waals surface area contributed by atoms with Gasteiger partial charge in [-0.2, -0.15) is 0 Å². The predicted molar refractivity (Wildman–Crippen MR) is 122 cm³/mol. The zero-order valence-electron chi connectivity index (χ0n) is 17.5. The Hall–Kier alpha value is -1.88. The maximum absolute atomic E-state index is 12.2. The van der Waals surface area contributed by atoms with E-state index >= 15 is 0 Å². The van der Waals surface area contributed by atoms with Crippen molar-refractivity contribution in [2.75, 3.05) is 24.5 Å². The highest BCUT2D eigenvalue weighted by Gasteiger charge is 2.30. The van der Waals surface area contributed by atoms with Crippen molar-refractivity contribution in [2.24, 2.45) is 0 Å². The van der Waals surface area contributed by atoms with Gasteiger partial charge in [-0.25, -0.2) is 0 Å². The number of aryl methyl sites for hydroxylation is 2. The second-order valence-electron chi connectivity index (χ2n) is 8.44. The molecule has 2 heterocycles. The molecule has 2 aromatic carbocycles. The molecule has 4 rings (SSSR count). The average molecular weight is 427 g/mol. The normalized spacial score (nSPS) is 16.5. The number of halogens is 1. The van der Waals surface area contributed by atoms with Crippen LogP contribution in [-0.4, -0.2) is 30.6 Å². The largest absolute Gasteiger partial charge is 0.388 e. The molecule has 30 heavy (non-hydrogen) atoms. The zero-order valence-corrected chi connectivity index (χ0v) is 18.3. The fraction of sp³-hybridized carbons (Fsp3) is 0.480. The molecule has 0 radical (unpaired) electrons. The molecule has 0 saturated carbocycles. The number of carbonyl (C=O) groups is 1. The minimum absolute atomic E-state index is 0.249. The van der Waals surface area contributed by atoms with Gasteiger partial charge in [-0.15, -0.1) is 0 Å². The molecule has 2 aliphatic rings. The molecule has 0 bridgehead atoms. The average Bonchev–Trinajstić information content (AvgIpc) is 2.76. The third-order valence-corrected chi connectivity index (χ3v) is 6.66. The lowest BCUT2D eigenvalue weighted by atomic mass is 9.88. The molecule has 5 heteroatoms. The van der Waals surface area contributed by atoms with Crippen molar-refractivity contribution in [2.45, 2.75) is 57.5 Å². The summed E-state index contributed by atoms with van der Waals surface area (Å²) in [5.74, 6) is 0.249. The molecular weight excluding hydrogens is 396 g/mol. The van der Waals surface area contributed by atoms with Crippen LogP contribution in [0.5, 0.6) is 0 Å². The summed E-state index contributed by atoms with van der Waals surface area (Å²) in [6.45, 7) is 2.70. The molecule has 0 spiro atoms. The Morgan fingerprint density at radius 1 is 1.07 bits per heavy atom. The fourth-order valence-corrected chi connectivity index (χ4v) is 4.91. The van der Waals surface area contributed by atoms with E-state index in [-0.39, 0.29) is 5.91 Å². The van der Waals surface area contributed by atoms with Crippen molar-refractivity contribution in [3.05, 3.63) is 63.7 Å². The van der Waals surface area contributed by atoms with Crippen LogP contribution in [0.15, 0.2) is 36.4 Å². The molecule has 4 nitrogen and oxygen atoms in total. The van der Waals surface area contributed by atoms with E-state index in [2.05, 4.69) is 23.5 Å². The minimum atomic E-state index is -0.428. The van der Waals surface area contributed by atoms with Gasteiger partial charge in [0.2, 0.25) is 5.91 Å². The molecular formula is C25H31ClN2O2. The number of nitrogens with one attached hydrogen (secondary N) is 1. The molecule has 2 N–H and O–H groups in total. The van der Waals surface area contributed by atoms with E-state index in [0.29, 0.717) is 6.42 Å². The van der Waals surface area contributed by atoms with Gasteiger partial charge in [-0.3, -0.25) is 4.79 Å². The number of benzene rings is 2. The first-order chi connectivity index (χ1) is 14.6. The SMILES string of the molecule is O=C1CCc2cc(C(O)CCCCNCCc3ccccc3Cl)cc3c2N1CCC3. The van der Waals surface area contributed by atoms with E-state index in [1.54, 1.807) is 0 Å². The summed E-state index contributed by atoms with van der Waals surface area (Å²) in [6.07, 6.45) is 6.70. The number of hydrogen-bond acceptors (Lipinski definition) is 3. The van der Waals surface area contributed by atoms with Crippen molar-refractivity contribution in [1.29, 1.82) is 0 Å². The molecule has 1 amide bonds. The van der Waals surface area contributed by atoms with E-state index in [0.717, 1.165) is 80.9 Å². The maximum Gasteiger partial charge on any atom is 0.227 e. The molecule has 0 aromatic heterocycles. The number of aliphatic hydroxyl groups is 1. The first kappa shape index (κ1) is 21.4. The summed E-state index contributed by atoms with van der Waals surface area (Å²) in [5, 5.41) is 15.0. The Labute approximate surface area is 184 Å². The lowest BCUT2D eigenvalue weighted by Crippen LogP contribution is -2.39. The Morgan fingerprint density at radius 2 is 1.87 bits per heavy atom. The van der Waals surface area contributed by atoms with Crippen molar-refractivity contribution in [1.82, 2.24) is 5.32 Å². The number of amides is 1. The van der Waals surface area contributed by atoms with E-state index < -0.39 is 6.10 Å². The number of unbranched alkanes of at least 4 members (excludes halogenated alkanes) is 1. The number of hydrogen-bond donors (Lipinski definition) is 2. The second kappa shape index (κ2) is 9.95. The Bertz CT molecular complexity index is 881. The first-order valence-electron chi connectivity index (χ1n) is 11.2. The summed E-state index contributed by atoms with van der Waals surface area (Å²) >= 11 is 6.19. The van der Waals surface area contributed by atoms with E-state index in [4.69, 9.17) is 11.6 Å². The molecule has 0 aliphatic carbocycles. The monoisotopic (exact) mass is 426 g/mol. The van der Waals surface area contributed by atoms with Gasteiger partial charge in [0.15, 0.2) is 0 Å². The van der Waals surface area contributed by atoms with E-state index in [1.165, 1.54) is 16.7 Å². The summed E-state index contributed by atoms with van der Waals surface area (Å²) in [5.41, 5.74) is 5.81. The molecule has 1 atom stereocenters. The predicted octanol–water partition coefficient (Wildman–Crippen LogP) is 4.60. The van der Waals surface area contributed by atoms with Crippen LogP contribution < -0.4 is 10.2 Å². The highest BCUT2D eigenvalue weighted by atomic mass is 35.5. The topological polar surface area (TPSA) is 52.6 Å². The minimum Gasteiger partial charge on any atom is -0.388 e. The lowest BCUT2D eigenvalue weighted by molar-refractivity contribution is -0.119. The van der Waals surface area contributed by atoms with Crippen molar-refractivity contribution < 1.29 is 9.90 Å². The summed E-state index contributed by atoms with van der Waals surface area (Å²) in [4.78, 5) is 14.2. The summed E-state index contributed by atoms with van der Waals surface area (Å²) in [6, 6.07) is 12.3. The van der Waals surface area contributed by atoms with E-state index in [9.17, 15) is 9.90 Å². The highest BCUT2D eigenvalue weighted by Crippen LogP contribution is 2.38. The van der Waals surface area contributed by atoms with Crippen LogP contribution in [0.25, 0.3) is 0 Å². The van der Waals surface area contributed by atoms with Crippen LogP contribution >= 0.6 is 11.6 Å². The molecule has 2 aliphatic heterocycles. The van der Waals surface area contributed by atoms with Gasteiger partial charge in [0.1, 0.15) is 0 Å². The van der Waals surface area contributed by atoms with Gasteiger partial charge in [-0.1, -0.05) is 41.9 Å². The van der Waals surface area contributed by atoms with Gasteiger partial charge < -0.3 is 15.3 Å². The fourth-order valence-electron chi connectivity index (χ4n) is 4.68. The second-order valence-corrected chi connectivity index (χ2v) is 8.85. The number of aliphatic hydroxyl groups excluding tert-OH is 1. The summed E-state index contributed by atoms with van der Waals surface area (Å²) < 4.78 is 0. The lowest BCUT2D eigenvalue weighted by Gasteiger charge is -2.35.